The Hall–Kier alpha value is -2.34. The highest BCUT2D eigenvalue weighted by atomic mass is 16.5. The number of benzene rings is 1. The molecule has 162 valence electrons. The van der Waals surface area contributed by atoms with Gasteiger partial charge in [0.1, 0.15) is 16.9 Å². The third kappa shape index (κ3) is 4.24. The van der Waals surface area contributed by atoms with E-state index in [1.54, 1.807) is 7.11 Å². The number of aryl methyl sites for hydroxylation is 2. The molecule has 2 aliphatic rings. The summed E-state index contributed by atoms with van der Waals surface area (Å²) < 4.78 is 17.1. The van der Waals surface area contributed by atoms with Gasteiger partial charge in [0.15, 0.2) is 0 Å². The standard InChI is InChI=1S/C24H31NO5/c1-16-18-13-17-7-10-24(8-4-3-5-9-24)30-20(17)15-21(18)29-23(27)19(16)14-22(26)25-11-6-12-28-2/h13,15H,3-12,14H2,1-2H3,(H,25,26). The van der Waals surface area contributed by atoms with E-state index < -0.39 is 5.63 Å². The highest BCUT2D eigenvalue weighted by Crippen LogP contribution is 2.43. The van der Waals surface area contributed by atoms with Crippen LogP contribution in [0.5, 0.6) is 5.75 Å². The molecule has 1 aliphatic carbocycles. The van der Waals surface area contributed by atoms with Crippen molar-refractivity contribution in [3.05, 3.63) is 39.2 Å². The fourth-order valence-electron chi connectivity index (χ4n) is 4.82. The number of carbonyl (C=O) groups excluding carboxylic acids is 1. The number of nitrogens with one attached hydrogen (secondary N) is 1. The zero-order valence-electron chi connectivity index (χ0n) is 18.0. The lowest BCUT2D eigenvalue weighted by Gasteiger charge is -2.41. The van der Waals surface area contributed by atoms with E-state index >= 15 is 0 Å². The first-order chi connectivity index (χ1) is 14.5. The molecule has 1 N–H and O–H groups in total. The van der Waals surface area contributed by atoms with Crippen LogP contribution in [-0.4, -0.2) is 31.8 Å². The van der Waals surface area contributed by atoms with Gasteiger partial charge in [-0.1, -0.05) is 6.42 Å². The second kappa shape index (κ2) is 8.80. The zero-order chi connectivity index (χ0) is 21.1. The van der Waals surface area contributed by atoms with Crippen LogP contribution in [0, 0.1) is 6.92 Å². The van der Waals surface area contributed by atoms with Crippen LogP contribution >= 0.6 is 0 Å². The number of fused-ring (bicyclic) bond motifs is 2. The van der Waals surface area contributed by atoms with Crippen LogP contribution in [0.3, 0.4) is 0 Å². The van der Waals surface area contributed by atoms with E-state index in [0.29, 0.717) is 24.3 Å². The number of rotatable bonds is 6. The molecule has 1 fully saturated rings. The van der Waals surface area contributed by atoms with Gasteiger partial charge < -0.3 is 19.2 Å². The Kier molecular flexibility index (Phi) is 6.14. The normalized spacial score (nSPS) is 17.5. The maximum atomic E-state index is 12.6. The van der Waals surface area contributed by atoms with Crippen LogP contribution in [-0.2, 0) is 22.4 Å². The van der Waals surface area contributed by atoms with E-state index in [2.05, 4.69) is 11.4 Å². The van der Waals surface area contributed by atoms with Gasteiger partial charge in [-0.2, -0.15) is 0 Å². The molecule has 0 bridgehead atoms. The minimum atomic E-state index is -0.449. The Morgan fingerprint density at radius 2 is 2.00 bits per heavy atom. The highest BCUT2D eigenvalue weighted by molar-refractivity contribution is 5.86. The predicted octanol–water partition coefficient (Wildman–Crippen LogP) is 3.82. The van der Waals surface area contributed by atoms with E-state index in [4.69, 9.17) is 13.9 Å². The van der Waals surface area contributed by atoms with Crippen molar-refractivity contribution < 1.29 is 18.7 Å². The van der Waals surface area contributed by atoms with E-state index in [0.717, 1.165) is 54.4 Å². The van der Waals surface area contributed by atoms with Crippen molar-refractivity contribution in [1.29, 1.82) is 0 Å². The molecule has 0 saturated heterocycles. The van der Waals surface area contributed by atoms with Crippen molar-refractivity contribution in [2.45, 2.75) is 70.3 Å². The van der Waals surface area contributed by atoms with Crippen LogP contribution in [0.25, 0.3) is 11.0 Å². The Morgan fingerprint density at radius 1 is 1.20 bits per heavy atom. The fraction of sp³-hybridized carbons (Fsp3) is 0.583. The van der Waals surface area contributed by atoms with Gasteiger partial charge in [-0.15, -0.1) is 0 Å². The summed E-state index contributed by atoms with van der Waals surface area (Å²) in [4.78, 5) is 24.9. The fourth-order valence-corrected chi connectivity index (χ4v) is 4.82. The SMILES string of the molecule is COCCCNC(=O)Cc1c(C)c2cc3c(cc2oc1=O)OC1(CCCCC1)CC3. The lowest BCUT2D eigenvalue weighted by Crippen LogP contribution is -2.41. The molecule has 0 unspecified atom stereocenters. The van der Waals surface area contributed by atoms with Crippen LogP contribution in [0.2, 0.25) is 0 Å². The molecule has 4 rings (SSSR count). The van der Waals surface area contributed by atoms with Crippen molar-refractivity contribution in [3.8, 4) is 5.75 Å². The molecule has 1 saturated carbocycles. The Bertz CT molecular complexity index is 987. The summed E-state index contributed by atoms with van der Waals surface area (Å²) >= 11 is 0. The molecule has 1 aliphatic heterocycles. The van der Waals surface area contributed by atoms with Gasteiger partial charge in [-0.3, -0.25) is 4.79 Å². The molecule has 1 aromatic heterocycles. The van der Waals surface area contributed by atoms with Gasteiger partial charge in [-0.05, 0) is 69.1 Å². The van der Waals surface area contributed by atoms with E-state index in [-0.39, 0.29) is 17.9 Å². The molecular weight excluding hydrogens is 382 g/mol. The quantitative estimate of drug-likeness (QED) is 0.575. The number of ether oxygens (including phenoxy) is 2. The van der Waals surface area contributed by atoms with Crippen LogP contribution in [0.4, 0.5) is 0 Å². The van der Waals surface area contributed by atoms with Gasteiger partial charge in [0.2, 0.25) is 5.91 Å². The van der Waals surface area contributed by atoms with Gasteiger partial charge >= 0.3 is 5.63 Å². The molecule has 1 spiro atoms. The minimum Gasteiger partial charge on any atom is -0.487 e. The largest absolute Gasteiger partial charge is 0.487 e. The molecule has 6 heteroatoms. The first-order valence-corrected chi connectivity index (χ1v) is 11.1. The van der Waals surface area contributed by atoms with E-state index in [1.165, 1.54) is 19.3 Å². The predicted molar refractivity (Wildman–Crippen MR) is 115 cm³/mol. The second-order valence-corrected chi connectivity index (χ2v) is 8.67. The number of hydrogen-bond acceptors (Lipinski definition) is 5. The molecular formula is C24H31NO5. The van der Waals surface area contributed by atoms with Gasteiger partial charge in [0.05, 0.1) is 12.0 Å². The van der Waals surface area contributed by atoms with E-state index in [1.807, 2.05) is 13.0 Å². The number of methoxy groups -OCH3 is 1. The number of hydrogen-bond donors (Lipinski definition) is 1. The summed E-state index contributed by atoms with van der Waals surface area (Å²) in [6.45, 7) is 3.01. The van der Waals surface area contributed by atoms with Crippen molar-refractivity contribution in [1.82, 2.24) is 5.32 Å². The summed E-state index contributed by atoms with van der Waals surface area (Å²) in [5, 5.41) is 3.72. The number of amides is 1. The Balaban J connectivity index is 1.58. The second-order valence-electron chi connectivity index (χ2n) is 8.67. The lowest BCUT2D eigenvalue weighted by molar-refractivity contribution is -0.120. The molecule has 1 amide bonds. The lowest BCUT2D eigenvalue weighted by atomic mass is 9.79. The zero-order valence-corrected chi connectivity index (χ0v) is 18.0. The summed E-state index contributed by atoms with van der Waals surface area (Å²) in [6, 6.07) is 3.96. The summed E-state index contributed by atoms with van der Waals surface area (Å²) in [7, 11) is 1.63. The topological polar surface area (TPSA) is 77.8 Å². The first kappa shape index (κ1) is 20.9. The molecule has 0 radical (unpaired) electrons. The van der Waals surface area contributed by atoms with Gasteiger partial charge in [0.25, 0.3) is 0 Å². The maximum absolute atomic E-state index is 12.6. The first-order valence-electron chi connectivity index (χ1n) is 11.1. The minimum absolute atomic E-state index is 0.0216. The monoisotopic (exact) mass is 413 g/mol. The third-order valence-electron chi connectivity index (χ3n) is 6.59. The third-order valence-corrected chi connectivity index (χ3v) is 6.59. The van der Waals surface area contributed by atoms with Crippen molar-refractivity contribution in [2.75, 3.05) is 20.3 Å². The number of carbonyl (C=O) groups is 1. The van der Waals surface area contributed by atoms with Crippen molar-refractivity contribution in [2.24, 2.45) is 0 Å². The van der Waals surface area contributed by atoms with Crippen molar-refractivity contribution >= 4 is 16.9 Å². The Morgan fingerprint density at radius 3 is 2.77 bits per heavy atom. The maximum Gasteiger partial charge on any atom is 0.340 e. The average Bonchev–Trinajstić information content (AvgIpc) is 2.74. The molecule has 2 heterocycles. The van der Waals surface area contributed by atoms with Crippen LogP contribution in [0.15, 0.2) is 21.3 Å². The molecule has 2 aromatic rings. The van der Waals surface area contributed by atoms with Crippen molar-refractivity contribution in [3.63, 3.8) is 0 Å². The highest BCUT2D eigenvalue weighted by Gasteiger charge is 2.37. The smallest absolute Gasteiger partial charge is 0.340 e. The van der Waals surface area contributed by atoms with E-state index in [9.17, 15) is 9.59 Å². The van der Waals surface area contributed by atoms with Crippen LogP contribution in [0.1, 0.15) is 61.6 Å². The molecule has 0 atom stereocenters. The Labute approximate surface area is 176 Å². The van der Waals surface area contributed by atoms with Gasteiger partial charge in [-0.25, -0.2) is 4.79 Å². The molecule has 6 nitrogen and oxygen atoms in total. The van der Waals surface area contributed by atoms with Crippen LogP contribution < -0.4 is 15.7 Å². The molecule has 1 aromatic carbocycles. The van der Waals surface area contributed by atoms with Gasteiger partial charge in [0, 0.05) is 31.7 Å². The summed E-state index contributed by atoms with van der Waals surface area (Å²) in [5.41, 5.74) is 2.44. The summed E-state index contributed by atoms with van der Waals surface area (Å²) in [6.07, 6.45) is 8.69. The summed E-state index contributed by atoms with van der Waals surface area (Å²) in [5.74, 6) is 0.670. The average molecular weight is 414 g/mol. The molecule has 30 heavy (non-hydrogen) atoms.